The van der Waals surface area contributed by atoms with E-state index in [0.717, 1.165) is 17.9 Å². The van der Waals surface area contributed by atoms with Gasteiger partial charge in [0.1, 0.15) is 6.54 Å². The molecular formula is C15H28N2O6S3. The lowest BCUT2D eigenvalue weighted by atomic mass is 10.3. The van der Waals surface area contributed by atoms with Crippen LogP contribution >= 0.6 is 33.3 Å². The van der Waals surface area contributed by atoms with Crippen molar-refractivity contribution in [1.29, 1.82) is 0 Å². The predicted octanol–water partition coefficient (Wildman–Crippen LogP) is 2.02. The van der Waals surface area contributed by atoms with Gasteiger partial charge in [0, 0.05) is 30.9 Å². The van der Waals surface area contributed by atoms with Crippen LogP contribution in [0.2, 0.25) is 0 Å². The molecule has 0 radical (unpaired) electrons. The van der Waals surface area contributed by atoms with Crippen LogP contribution in [0.4, 0.5) is 4.79 Å². The molecule has 152 valence electrons. The molecule has 1 unspecified atom stereocenters. The highest BCUT2D eigenvalue weighted by molar-refractivity contribution is 8.76. The number of carbonyl (C=O) groups excluding carboxylic acids is 3. The van der Waals surface area contributed by atoms with Crippen molar-refractivity contribution in [2.45, 2.75) is 39.0 Å². The molecule has 1 amide bonds. The number of nitrogens with two attached hydrogens (primary N) is 1. The standard InChI is InChI=1S/C15H28N2O6S3/c1-4-21-15(20)23-11(2)22-14(19)9-17-13(18)6-8-25-26-10-12(16)5-7-24-3/h11-12H,4-10,16H2,1-3H3,(H,17,18)/t11?,12-/m0/s1. The van der Waals surface area contributed by atoms with Gasteiger partial charge in [-0.05, 0) is 25.4 Å². The van der Waals surface area contributed by atoms with Crippen molar-refractivity contribution in [3.05, 3.63) is 0 Å². The van der Waals surface area contributed by atoms with Gasteiger partial charge >= 0.3 is 12.1 Å². The first-order valence-corrected chi connectivity index (χ1v) is 12.1. The van der Waals surface area contributed by atoms with Gasteiger partial charge in [0.15, 0.2) is 0 Å². The molecule has 0 spiro atoms. The zero-order valence-corrected chi connectivity index (χ0v) is 17.8. The van der Waals surface area contributed by atoms with Crippen LogP contribution in [-0.2, 0) is 23.8 Å². The first-order chi connectivity index (χ1) is 12.4. The van der Waals surface area contributed by atoms with Gasteiger partial charge in [0.25, 0.3) is 0 Å². The summed E-state index contributed by atoms with van der Waals surface area (Å²) >= 11 is 1.78. The van der Waals surface area contributed by atoms with Crippen LogP contribution in [0, 0.1) is 0 Å². The molecule has 0 aliphatic heterocycles. The second kappa shape index (κ2) is 16.4. The number of ether oxygens (including phenoxy) is 3. The Bertz CT molecular complexity index is 428. The number of carbonyl (C=O) groups is 3. The molecule has 26 heavy (non-hydrogen) atoms. The predicted molar refractivity (Wildman–Crippen MR) is 107 cm³/mol. The quantitative estimate of drug-likeness (QED) is 0.184. The Morgan fingerprint density at radius 3 is 2.54 bits per heavy atom. The topological polar surface area (TPSA) is 117 Å². The highest BCUT2D eigenvalue weighted by atomic mass is 33.1. The lowest BCUT2D eigenvalue weighted by Crippen LogP contribution is -2.33. The number of amides is 1. The molecule has 3 N–H and O–H groups in total. The minimum Gasteiger partial charge on any atom is -0.435 e. The molecule has 0 aromatic carbocycles. The monoisotopic (exact) mass is 428 g/mol. The molecular weight excluding hydrogens is 400 g/mol. The van der Waals surface area contributed by atoms with E-state index >= 15 is 0 Å². The van der Waals surface area contributed by atoms with Gasteiger partial charge in [-0.15, -0.1) is 0 Å². The summed E-state index contributed by atoms with van der Waals surface area (Å²) in [6.07, 6.45) is 1.33. The van der Waals surface area contributed by atoms with E-state index in [1.54, 1.807) is 40.3 Å². The molecule has 0 saturated carbocycles. The maximum atomic E-state index is 11.7. The van der Waals surface area contributed by atoms with Gasteiger partial charge in [0.2, 0.25) is 12.2 Å². The summed E-state index contributed by atoms with van der Waals surface area (Å²) in [7, 11) is 3.23. The SMILES string of the molecule is CCOC(=O)OC(C)OC(=O)CNC(=O)CCSSC[C@@H](N)CCSC. The van der Waals surface area contributed by atoms with E-state index in [4.69, 9.17) is 10.5 Å². The maximum Gasteiger partial charge on any atom is 0.511 e. The third-order valence-corrected chi connectivity index (χ3v) is 5.88. The molecule has 0 aliphatic rings. The summed E-state index contributed by atoms with van der Waals surface area (Å²) in [4.78, 5) is 34.2. The summed E-state index contributed by atoms with van der Waals surface area (Å²) in [6.45, 7) is 2.89. The molecule has 0 rings (SSSR count). The molecule has 0 fully saturated rings. The molecule has 11 heteroatoms. The first-order valence-electron chi connectivity index (χ1n) is 8.17. The van der Waals surface area contributed by atoms with E-state index in [9.17, 15) is 14.4 Å². The maximum absolute atomic E-state index is 11.7. The first kappa shape index (κ1) is 25.2. The van der Waals surface area contributed by atoms with Crippen molar-refractivity contribution < 1.29 is 28.6 Å². The molecule has 8 nitrogen and oxygen atoms in total. The van der Waals surface area contributed by atoms with E-state index < -0.39 is 18.4 Å². The van der Waals surface area contributed by atoms with Gasteiger partial charge in [-0.3, -0.25) is 9.59 Å². The van der Waals surface area contributed by atoms with Crippen LogP contribution < -0.4 is 11.1 Å². The van der Waals surface area contributed by atoms with Crippen LogP contribution in [0.1, 0.15) is 26.7 Å². The van der Waals surface area contributed by atoms with Gasteiger partial charge < -0.3 is 25.3 Å². The van der Waals surface area contributed by atoms with Crippen LogP contribution in [-0.4, -0.2) is 67.0 Å². The van der Waals surface area contributed by atoms with Crippen LogP contribution in [0.5, 0.6) is 0 Å². The van der Waals surface area contributed by atoms with Crippen LogP contribution in [0.25, 0.3) is 0 Å². The van der Waals surface area contributed by atoms with E-state index in [1.807, 2.05) is 0 Å². The third-order valence-electron chi connectivity index (χ3n) is 2.72. The van der Waals surface area contributed by atoms with Crippen molar-refractivity contribution >= 4 is 51.4 Å². The fraction of sp³-hybridized carbons (Fsp3) is 0.800. The minimum atomic E-state index is -1.08. The lowest BCUT2D eigenvalue weighted by molar-refractivity contribution is -0.167. The van der Waals surface area contributed by atoms with Crippen LogP contribution in [0.15, 0.2) is 0 Å². The largest absolute Gasteiger partial charge is 0.511 e. The lowest BCUT2D eigenvalue weighted by Gasteiger charge is -2.13. The third kappa shape index (κ3) is 15.5. The Balaban J connectivity index is 3.69. The van der Waals surface area contributed by atoms with Gasteiger partial charge in [-0.2, -0.15) is 11.8 Å². The molecule has 0 bridgehead atoms. The highest BCUT2D eigenvalue weighted by Crippen LogP contribution is 2.23. The molecule has 0 aromatic heterocycles. The summed E-state index contributed by atoms with van der Waals surface area (Å²) < 4.78 is 14.0. The number of hydrogen-bond donors (Lipinski definition) is 2. The fourth-order valence-corrected chi connectivity index (χ4v) is 4.26. The smallest absolute Gasteiger partial charge is 0.435 e. The zero-order valence-electron chi connectivity index (χ0n) is 15.4. The number of hydrogen-bond acceptors (Lipinski definition) is 10. The van der Waals surface area contributed by atoms with Crippen molar-refractivity contribution in [2.75, 3.05) is 36.7 Å². The number of esters is 1. The second-order valence-electron chi connectivity index (χ2n) is 5.03. The van der Waals surface area contributed by atoms with Gasteiger partial charge in [-0.1, -0.05) is 21.6 Å². The molecule has 0 heterocycles. The Hall–Kier alpha value is -0.780. The zero-order chi connectivity index (χ0) is 19.8. The van der Waals surface area contributed by atoms with Crippen molar-refractivity contribution in [3.63, 3.8) is 0 Å². The Morgan fingerprint density at radius 2 is 1.88 bits per heavy atom. The second-order valence-corrected chi connectivity index (χ2v) is 8.65. The highest BCUT2D eigenvalue weighted by Gasteiger charge is 2.15. The molecule has 0 saturated heterocycles. The van der Waals surface area contributed by atoms with Crippen molar-refractivity contribution in [2.24, 2.45) is 5.73 Å². The summed E-state index contributed by atoms with van der Waals surface area (Å²) in [5.41, 5.74) is 5.95. The van der Waals surface area contributed by atoms with E-state index in [-0.39, 0.29) is 25.1 Å². The Morgan fingerprint density at radius 1 is 1.15 bits per heavy atom. The minimum absolute atomic E-state index is 0.162. The van der Waals surface area contributed by atoms with Gasteiger partial charge in [-0.25, -0.2) is 4.79 Å². The normalized spacial score (nSPS) is 12.8. The summed E-state index contributed by atoms with van der Waals surface area (Å²) in [5, 5.41) is 2.46. The van der Waals surface area contributed by atoms with E-state index in [1.165, 1.54) is 6.92 Å². The Kier molecular flexibility index (Phi) is 15.9. The number of thioether (sulfide) groups is 1. The average molecular weight is 429 g/mol. The van der Waals surface area contributed by atoms with Crippen molar-refractivity contribution in [3.8, 4) is 0 Å². The molecule has 0 aliphatic carbocycles. The molecule has 2 atom stereocenters. The molecule has 0 aromatic rings. The van der Waals surface area contributed by atoms with Crippen molar-refractivity contribution in [1.82, 2.24) is 5.32 Å². The van der Waals surface area contributed by atoms with Gasteiger partial charge in [0.05, 0.1) is 6.61 Å². The number of rotatable bonds is 14. The van der Waals surface area contributed by atoms with E-state index in [0.29, 0.717) is 12.2 Å². The van der Waals surface area contributed by atoms with E-state index in [2.05, 4.69) is 21.0 Å². The average Bonchev–Trinajstić information content (AvgIpc) is 2.57. The fourth-order valence-electron chi connectivity index (χ4n) is 1.48. The summed E-state index contributed by atoms with van der Waals surface area (Å²) in [6, 6.07) is 0.169. The summed E-state index contributed by atoms with van der Waals surface area (Å²) in [5.74, 6) is 1.58. The number of nitrogens with one attached hydrogen (secondary N) is 1. The van der Waals surface area contributed by atoms with Crippen LogP contribution in [0.3, 0.4) is 0 Å². The Labute approximate surface area is 166 Å².